The zero-order valence-corrected chi connectivity index (χ0v) is 16.9. The monoisotopic (exact) mass is 390 g/mol. The Morgan fingerprint density at radius 2 is 1.76 bits per heavy atom. The van der Waals surface area contributed by atoms with E-state index in [1.165, 1.54) is 0 Å². The molecule has 29 heavy (non-hydrogen) atoms. The summed E-state index contributed by atoms with van der Waals surface area (Å²) >= 11 is 0. The van der Waals surface area contributed by atoms with Crippen molar-refractivity contribution in [1.29, 1.82) is 0 Å². The fourth-order valence-electron chi connectivity index (χ4n) is 4.41. The maximum Gasteiger partial charge on any atom is 0.240 e. The number of hydrogen-bond donors (Lipinski definition) is 0. The topological polar surface area (TPSA) is 71.2 Å². The van der Waals surface area contributed by atoms with Crippen molar-refractivity contribution in [3.05, 3.63) is 54.4 Å². The van der Waals surface area contributed by atoms with Crippen LogP contribution >= 0.6 is 0 Å². The van der Waals surface area contributed by atoms with Crippen LogP contribution in [0.4, 0.5) is 5.82 Å². The minimum Gasteiger partial charge on any atom is -0.355 e. The number of fused-ring (bicyclic) bond motifs is 1. The number of nitrogens with zero attached hydrogens (tertiary/aromatic N) is 6. The molecule has 0 radical (unpaired) electrons. The molecule has 0 bridgehead atoms. The van der Waals surface area contributed by atoms with Crippen LogP contribution in [0.15, 0.2) is 47.2 Å². The van der Waals surface area contributed by atoms with Crippen LogP contribution in [0.2, 0.25) is 0 Å². The maximum absolute atomic E-state index is 5.42. The van der Waals surface area contributed by atoms with Gasteiger partial charge in [-0.3, -0.25) is 9.88 Å². The lowest BCUT2D eigenvalue weighted by Crippen LogP contribution is -2.29. The minimum atomic E-state index is 0.299. The smallest absolute Gasteiger partial charge is 0.240 e. The molecule has 2 unspecified atom stereocenters. The molecule has 2 fully saturated rings. The predicted molar refractivity (Wildman–Crippen MR) is 110 cm³/mol. The summed E-state index contributed by atoms with van der Waals surface area (Å²) in [7, 11) is 0. The van der Waals surface area contributed by atoms with Gasteiger partial charge in [-0.25, -0.2) is 4.98 Å². The highest BCUT2D eigenvalue weighted by molar-refractivity contribution is 5.58. The summed E-state index contributed by atoms with van der Waals surface area (Å²) in [4.78, 5) is 18.6. The van der Waals surface area contributed by atoms with Crippen molar-refractivity contribution in [2.24, 2.45) is 11.8 Å². The molecule has 0 aliphatic carbocycles. The van der Waals surface area contributed by atoms with Gasteiger partial charge in [-0.1, -0.05) is 49.3 Å². The van der Waals surface area contributed by atoms with Gasteiger partial charge in [-0.15, -0.1) is 0 Å². The Morgan fingerprint density at radius 3 is 2.38 bits per heavy atom. The molecule has 150 valence electrons. The Kier molecular flexibility index (Phi) is 4.75. The number of benzene rings is 1. The number of likely N-dealkylation sites (tertiary alicyclic amines) is 1. The zero-order valence-electron chi connectivity index (χ0n) is 16.9. The molecule has 2 saturated heterocycles. The first-order valence-electron chi connectivity index (χ1n) is 10.3. The van der Waals surface area contributed by atoms with E-state index in [0.717, 1.165) is 61.5 Å². The average molecular weight is 390 g/mol. The van der Waals surface area contributed by atoms with Crippen molar-refractivity contribution in [2.45, 2.75) is 26.3 Å². The van der Waals surface area contributed by atoms with Crippen molar-refractivity contribution >= 4 is 5.82 Å². The third kappa shape index (κ3) is 3.74. The molecule has 7 heteroatoms. The lowest BCUT2D eigenvalue weighted by atomic mass is 10.0. The predicted octanol–water partition coefficient (Wildman–Crippen LogP) is 3.22. The molecule has 4 heterocycles. The maximum atomic E-state index is 5.42. The number of aromatic nitrogens is 4. The van der Waals surface area contributed by atoms with Crippen molar-refractivity contribution in [2.75, 3.05) is 31.1 Å². The molecular weight excluding hydrogens is 364 g/mol. The molecule has 0 N–H and O–H groups in total. The average Bonchev–Trinajstić information content (AvgIpc) is 3.44. The Bertz CT molecular complexity index is 941. The van der Waals surface area contributed by atoms with E-state index in [1.54, 1.807) is 0 Å². The summed E-state index contributed by atoms with van der Waals surface area (Å²) in [5, 5.41) is 4.07. The molecule has 1 aromatic carbocycles. The Labute approximate surface area is 170 Å². The number of rotatable bonds is 5. The second-order valence-electron chi connectivity index (χ2n) is 8.45. The third-order valence-electron chi connectivity index (χ3n) is 5.95. The summed E-state index contributed by atoms with van der Waals surface area (Å²) in [6.07, 6.45) is 3.79. The Morgan fingerprint density at radius 1 is 1.00 bits per heavy atom. The van der Waals surface area contributed by atoms with E-state index in [-0.39, 0.29) is 0 Å². The van der Waals surface area contributed by atoms with Gasteiger partial charge in [0.05, 0.1) is 24.6 Å². The first-order valence-corrected chi connectivity index (χ1v) is 10.3. The van der Waals surface area contributed by atoms with Gasteiger partial charge in [0.1, 0.15) is 5.82 Å². The van der Waals surface area contributed by atoms with Crippen LogP contribution in [0.25, 0.3) is 11.3 Å². The molecular formula is C22H26N6O. The molecule has 0 spiro atoms. The van der Waals surface area contributed by atoms with Gasteiger partial charge in [-0.05, 0) is 11.8 Å². The molecule has 2 atom stereocenters. The second kappa shape index (κ2) is 7.55. The molecule has 0 saturated carbocycles. The normalized spacial score (nSPS) is 21.8. The number of hydrogen-bond acceptors (Lipinski definition) is 7. The van der Waals surface area contributed by atoms with E-state index < -0.39 is 0 Å². The Balaban J connectivity index is 1.19. The lowest BCUT2D eigenvalue weighted by molar-refractivity contribution is 0.254. The van der Waals surface area contributed by atoms with E-state index in [2.05, 4.69) is 55.9 Å². The summed E-state index contributed by atoms with van der Waals surface area (Å²) in [6, 6.07) is 10.2. The van der Waals surface area contributed by atoms with Crippen LogP contribution in [0.5, 0.6) is 0 Å². The minimum absolute atomic E-state index is 0.299. The SMILES string of the molecule is CC(C)c1noc(CN2CC3CN(c4cnc(-c5ccccc5)cn4)CC3C2)n1. The van der Waals surface area contributed by atoms with Crippen LogP contribution < -0.4 is 4.90 Å². The first-order chi connectivity index (χ1) is 14.2. The highest BCUT2D eigenvalue weighted by atomic mass is 16.5. The highest BCUT2D eigenvalue weighted by Crippen LogP contribution is 2.34. The molecule has 2 aromatic heterocycles. The molecule has 2 aliphatic heterocycles. The summed E-state index contributed by atoms with van der Waals surface area (Å²) in [6.45, 7) is 9.10. The van der Waals surface area contributed by atoms with E-state index >= 15 is 0 Å². The van der Waals surface area contributed by atoms with Crippen molar-refractivity contribution < 1.29 is 4.52 Å². The first kappa shape index (κ1) is 18.2. The Hall–Kier alpha value is -2.80. The lowest BCUT2D eigenvalue weighted by Gasteiger charge is -2.21. The fraction of sp³-hybridized carbons (Fsp3) is 0.455. The van der Waals surface area contributed by atoms with E-state index in [1.807, 2.05) is 30.6 Å². The standard InChI is InChI=1S/C22H26N6O/c1-15(2)22-25-21(29-26-22)14-27-10-17-12-28(13-18(17)11-27)20-9-23-19(8-24-20)16-6-4-3-5-7-16/h3-9,15,17-18H,10-14H2,1-2H3. The quantitative estimate of drug-likeness (QED) is 0.662. The van der Waals surface area contributed by atoms with Gasteiger partial charge in [0.2, 0.25) is 5.89 Å². The van der Waals surface area contributed by atoms with Crippen LogP contribution in [0.3, 0.4) is 0 Å². The van der Waals surface area contributed by atoms with Gasteiger partial charge in [0, 0.05) is 37.7 Å². The van der Waals surface area contributed by atoms with Crippen LogP contribution in [-0.4, -0.2) is 51.2 Å². The van der Waals surface area contributed by atoms with Crippen molar-refractivity contribution in [3.63, 3.8) is 0 Å². The number of anilines is 1. The summed E-state index contributed by atoms with van der Waals surface area (Å²) in [5.74, 6) is 4.10. The molecule has 7 nitrogen and oxygen atoms in total. The van der Waals surface area contributed by atoms with E-state index in [9.17, 15) is 0 Å². The van der Waals surface area contributed by atoms with Gasteiger partial charge < -0.3 is 9.42 Å². The summed E-state index contributed by atoms with van der Waals surface area (Å²) < 4.78 is 5.42. The highest BCUT2D eigenvalue weighted by Gasteiger charge is 2.40. The molecule has 0 amide bonds. The molecule has 2 aliphatic rings. The largest absolute Gasteiger partial charge is 0.355 e. The van der Waals surface area contributed by atoms with Gasteiger partial charge in [-0.2, -0.15) is 4.98 Å². The van der Waals surface area contributed by atoms with Crippen molar-refractivity contribution in [1.82, 2.24) is 25.0 Å². The fourth-order valence-corrected chi connectivity index (χ4v) is 4.41. The van der Waals surface area contributed by atoms with E-state index in [0.29, 0.717) is 17.8 Å². The third-order valence-corrected chi connectivity index (χ3v) is 5.95. The second-order valence-corrected chi connectivity index (χ2v) is 8.45. The molecule has 3 aromatic rings. The van der Waals surface area contributed by atoms with Crippen LogP contribution in [-0.2, 0) is 6.54 Å². The zero-order chi connectivity index (χ0) is 19.8. The van der Waals surface area contributed by atoms with Crippen molar-refractivity contribution in [3.8, 4) is 11.3 Å². The van der Waals surface area contributed by atoms with Gasteiger partial charge in [0.15, 0.2) is 5.82 Å². The van der Waals surface area contributed by atoms with Crippen LogP contribution in [0.1, 0.15) is 31.5 Å². The van der Waals surface area contributed by atoms with Crippen LogP contribution in [0, 0.1) is 11.8 Å². The van der Waals surface area contributed by atoms with E-state index in [4.69, 9.17) is 4.52 Å². The molecule has 5 rings (SSSR count). The van der Waals surface area contributed by atoms with Gasteiger partial charge >= 0.3 is 0 Å². The van der Waals surface area contributed by atoms with Gasteiger partial charge in [0.25, 0.3) is 0 Å². The summed E-state index contributed by atoms with van der Waals surface area (Å²) in [5.41, 5.74) is 2.02.